The number of nitrogens with zero attached hydrogens (tertiary/aromatic N) is 2. The van der Waals surface area contributed by atoms with E-state index in [1.165, 1.54) is 17.7 Å². The van der Waals surface area contributed by atoms with Gasteiger partial charge in [-0.3, -0.25) is 9.48 Å². The van der Waals surface area contributed by atoms with Gasteiger partial charge in [-0.15, -0.1) is 0 Å². The average molecular weight is 428 g/mol. The maximum Gasteiger partial charge on any atom is 0.253 e. The molecule has 0 saturated carbocycles. The molecule has 1 amide bonds. The highest BCUT2D eigenvalue weighted by molar-refractivity contribution is 9.10. The predicted octanol–water partition coefficient (Wildman–Crippen LogP) is 4.64. The zero-order chi connectivity index (χ0) is 18.8. The van der Waals surface area contributed by atoms with Crippen LogP contribution in [0.3, 0.4) is 0 Å². The third-order valence-corrected chi connectivity index (χ3v) is 5.61. The first kappa shape index (κ1) is 17.9. The minimum absolute atomic E-state index is 0.110. The van der Waals surface area contributed by atoms with Gasteiger partial charge >= 0.3 is 0 Å². The van der Waals surface area contributed by atoms with Crippen LogP contribution in [0.5, 0.6) is 0 Å². The number of amides is 1. The molecule has 1 N–H and O–H groups in total. The Morgan fingerprint density at radius 2 is 2.07 bits per heavy atom. The lowest BCUT2D eigenvalue weighted by atomic mass is 9.92. The number of benzene rings is 2. The Labute approximate surface area is 165 Å². The van der Waals surface area contributed by atoms with E-state index in [-0.39, 0.29) is 11.9 Å². The number of nitrogens with one attached hydrogen (secondary N) is 1. The molecule has 1 aliphatic rings. The Kier molecular flexibility index (Phi) is 5.07. The van der Waals surface area contributed by atoms with Crippen LogP contribution in [0.25, 0.3) is 0 Å². The highest BCUT2D eigenvalue weighted by Crippen LogP contribution is 2.30. The minimum Gasteiger partial charge on any atom is -0.345 e. The van der Waals surface area contributed by atoms with E-state index in [1.54, 1.807) is 6.07 Å². The molecule has 1 heterocycles. The SMILES string of the molecule is O=C(N[C@H]1CCCc2c1cnn2Cc1ccccc1)c1cc(F)ccc1Br. The first-order chi connectivity index (χ1) is 13.1. The Bertz CT molecular complexity index is 971. The van der Waals surface area contributed by atoms with E-state index in [4.69, 9.17) is 0 Å². The normalized spacial score (nSPS) is 16.0. The fraction of sp³-hybridized carbons (Fsp3) is 0.238. The van der Waals surface area contributed by atoms with Crippen LogP contribution in [0.2, 0.25) is 0 Å². The van der Waals surface area contributed by atoms with Gasteiger partial charge in [0.25, 0.3) is 5.91 Å². The van der Waals surface area contributed by atoms with Crippen molar-refractivity contribution >= 4 is 21.8 Å². The van der Waals surface area contributed by atoms with Crippen molar-refractivity contribution in [2.24, 2.45) is 0 Å². The summed E-state index contributed by atoms with van der Waals surface area (Å²) in [5.74, 6) is -0.710. The second-order valence-corrected chi connectivity index (χ2v) is 7.59. The van der Waals surface area contributed by atoms with E-state index in [9.17, 15) is 9.18 Å². The van der Waals surface area contributed by atoms with Crippen LogP contribution in [-0.4, -0.2) is 15.7 Å². The van der Waals surface area contributed by atoms with Crippen molar-refractivity contribution in [2.45, 2.75) is 31.8 Å². The van der Waals surface area contributed by atoms with E-state index < -0.39 is 5.82 Å². The van der Waals surface area contributed by atoms with Gasteiger partial charge in [0.2, 0.25) is 0 Å². The molecule has 0 fully saturated rings. The summed E-state index contributed by atoms with van der Waals surface area (Å²) in [5.41, 5.74) is 3.71. The van der Waals surface area contributed by atoms with Crippen molar-refractivity contribution in [3.05, 3.63) is 87.4 Å². The number of carbonyl (C=O) groups excluding carboxylic acids is 1. The Balaban J connectivity index is 1.55. The van der Waals surface area contributed by atoms with Crippen molar-refractivity contribution < 1.29 is 9.18 Å². The van der Waals surface area contributed by atoms with Crippen LogP contribution in [0, 0.1) is 5.82 Å². The van der Waals surface area contributed by atoms with Gasteiger partial charge in [0.05, 0.1) is 24.3 Å². The lowest BCUT2D eigenvalue weighted by Gasteiger charge is -2.24. The number of fused-ring (bicyclic) bond motifs is 1. The maximum absolute atomic E-state index is 13.5. The standard InChI is InChI=1S/C21H19BrFN3O/c22-18-10-9-15(23)11-16(18)21(27)25-19-7-4-8-20-17(19)12-24-26(20)13-14-5-2-1-3-6-14/h1-3,5-6,9-12,19H,4,7-8,13H2,(H,25,27)/t19-/m0/s1. The third-order valence-electron chi connectivity index (χ3n) is 4.92. The molecular formula is C21H19BrFN3O. The molecule has 138 valence electrons. The molecule has 1 aromatic heterocycles. The van der Waals surface area contributed by atoms with Gasteiger partial charge < -0.3 is 5.32 Å². The summed E-state index contributed by atoms with van der Waals surface area (Å²) in [7, 11) is 0. The summed E-state index contributed by atoms with van der Waals surface area (Å²) in [6, 6.07) is 14.2. The highest BCUT2D eigenvalue weighted by atomic mass is 79.9. The Hall–Kier alpha value is -2.47. The fourth-order valence-corrected chi connectivity index (χ4v) is 4.00. The molecule has 6 heteroatoms. The predicted molar refractivity (Wildman–Crippen MR) is 105 cm³/mol. The van der Waals surface area contributed by atoms with E-state index in [1.807, 2.05) is 29.1 Å². The summed E-state index contributed by atoms with van der Waals surface area (Å²) in [5, 5.41) is 7.60. The molecule has 0 aliphatic heterocycles. The lowest BCUT2D eigenvalue weighted by molar-refractivity contribution is 0.0931. The van der Waals surface area contributed by atoms with Crippen LogP contribution >= 0.6 is 15.9 Å². The van der Waals surface area contributed by atoms with E-state index in [2.05, 4.69) is 38.5 Å². The molecule has 27 heavy (non-hydrogen) atoms. The number of rotatable bonds is 4. The quantitative estimate of drug-likeness (QED) is 0.658. The van der Waals surface area contributed by atoms with Gasteiger partial charge in [-0.1, -0.05) is 30.3 Å². The molecule has 2 aromatic carbocycles. The molecule has 0 bridgehead atoms. The minimum atomic E-state index is -0.427. The Morgan fingerprint density at radius 1 is 1.26 bits per heavy atom. The summed E-state index contributed by atoms with van der Waals surface area (Å²) in [6.45, 7) is 0.715. The zero-order valence-electron chi connectivity index (χ0n) is 14.7. The topological polar surface area (TPSA) is 46.9 Å². The second kappa shape index (κ2) is 7.64. The third kappa shape index (κ3) is 3.81. The molecule has 0 unspecified atom stereocenters. The molecule has 0 radical (unpaired) electrons. The fourth-order valence-electron chi connectivity index (χ4n) is 3.57. The van der Waals surface area contributed by atoms with Crippen molar-refractivity contribution in [3.8, 4) is 0 Å². The number of hydrogen-bond donors (Lipinski definition) is 1. The molecule has 0 saturated heterocycles. The summed E-state index contributed by atoms with van der Waals surface area (Å²) < 4.78 is 16.1. The molecule has 4 rings (SSSR count). The van der Waals surface area contributed by atoms with E-state index in [0.717, 1.165) is 30.5 Å². The van der Waals surface area contributed by atoms with Gasteiger partial charge in [0.1, 0.15) is 5.82 Å². The van der Waals surface area contributed by atoms with E-state index >= 15 is 0 Å². The number of hydrogen-bond acceptors (Lipinski definition) is 2. The van der Waals surface area contributed by atoms with Crippen LogP contribution in [0.15, 0.2) is 59.2 Å². The second-order valence-electron chi connectivity index (χ2n) is 6.73. The van der Waals surface area contributed by atoms with Gasteiger partial charge in [0.15, 0.2) is 0 Å². The van der Waals surface area contributed by atoms with E-state index in [0.29, 0.717) is 16.6 Å². The molecule has 1 aliphatic carbocycles. The van der Waals surface area contributed by atoms with Crippen LogP contribution in [0.1, 0.15) is 46.1 Å². The summed E-state index contributed by atoms with van der Waals surface area (Å²) >= 11 is 3.32. The highest BCUT2D eigenvalue weighted by Gasteiger charge is 2.26. The molecule has 1 atom stereocenters. The van der Waals surface area contributed by atoms with Crippen LogP contribution < -0.4 is 5.32 Å². The first-order valence-corrected chi connectivity index (χ1v) is 9.75. The van der Waals surface area contributed by atoms with Crippen molar-refractivity contribution in [1.82, 2.24) is 15.1 Å². The number of halogens is 2. The van der Waals surface area contributed by atoms with Crippen LogP contribution in [0.4, 0.5) is 4.39 Å². The number of carbonyl (C=O) groups is 1. The van der Waals surface area contributed by atoms with Gasteiger partial charge in [-0.05, 0) is 59.0 Å². The number of aromatic nitrogens is 2. The monoisotopic (exact) mass is 427 g/mol. The van der Waals surface area contributed by atoms with Crippen molar-refractivity contribution in [1.29, 1.82) is 0 Å². The lowest BCUT2D eigenvalue weighted by Crippen LogP contribution is -2.31. The summed E-state index contributed by atoms with van der Waals surface area (Å²) in [6.07, 6.45) is 4.62. The average Bonchev–Trinajstić information content (AvgIpc) is 3.08. The first-order valence-electron chi connectivity index (χ1n) is 8.96. The zero-order valence-corrected chi connectivity index (χ0v) is 16.2. The van der Waals surface area contributed by atoms with Crippen LogP contribution in [-0.2, 0) is 13.0 Å². The Morgan fingerprint density at radius 3 is 2.89 bits per heavy atom. The van der Waals surface area contributed by atoms with Gasteiger partial charge in [-0.25, -0.2) is 4.39 Å². The smallest absolute Gasteiger partial charge is 0.253 e. The maximum atomic E-state index is 13.5. The molecule has 4 nitrogen and oxygen atoms in total. The van der Waals surface area contributed by atoms with Gasteiger partial charge in [0, 0.05) is 15.7 Å². The van der Waals surface area contributed by atoms with Gasteiger partial charge in [-0.2, -0.15) is 5.10 Å². The molecule has 0 spiro atoms. The summed E-state index contributed by atoms with van der Waals surface area (Å²) in [4.78, 5) is 12.7. The molecule has 3 aromatic rings. The molecular weight excluding hydrogens is 409 g/mol. The van der Waals surface area contributed by atoms with Crippen molar-refractivity contribution in [2.75, 3.05) is 0 Å². The largest absolute Gasteiger partial charge is 0.345 e. The van der Waals surface area contributed by atoms with Crippen molar-refractivity contribution in [3.63, 3.8) is 0 Å².